The number of carbonyl (C=O) groups excluding carboxylic acids is 1. The number of carboxylic acids is 1. The molecule has 1 heterocycles. The maximum atomic E-state index is 14.1. The van der Waals surface area contributed by atoms with Gasteiger partial charge in [-0.1, -0.05) is 48.5 Å². The molecule has 1 aromatic heterocycles. The van der Waals surface area contributed by atoms with Crippen molar-refractivity contribution in [2.75, 3.05) is 0 Å². The first-order valence-electron chi connectivity index (χ1n) is 14.2. The lowest BCUT2D eigenvalue weighted by atomic mass is 9.99. The van der Waals surface area contributed by atoms with Crippen molar-refractivity contribution in [2.45, 2.75) is 19.5 Å². The number of benzene rings is 5. The molecule has 6 rings (SSSR count). The van der Waals surface area contributed by atoms with E-state index in [2.05, 4.69) is 5.32 Å². The summed E-state index contributed by atoms with van der Waals surface area (Å²) < 4.78 is 43.6. The van der Waals surface area contributed by atoms with Crippen molar-refractivity contribution in [3.8, 4) is 22.3 Å². The van der Waals surface area contributed by atoms with Crippen LogP contribution in [0.1, 0.15) is 44.8 Å². The summed E-state index contributed by atoms with van der Waals surface area (Å²) in [6.45, 7) is 2.23. The third-order valence-corrected chi connectivity index (χ3v) is 7.79. The van der Waals surface area contributed by atoms with Crippen LogP contribution in [-0.2, 0) is 6.54 Å². The number of hydrogen-bond donors (Lipinski definition) is 2. The fourth-order valence-electron chi connectivity index (χ4n) is 5.46. The summed E-state index contributed by atoms with van der Waals surface area (Å²) in [7, 11) is 0. The van der Waals surface area contributed by atoms with E-state index in [0.29, 0.717) is 39.7 Å². The Morgan fingerprint density at radius 2 is 1.31 bits per heavy atom. The van der Waals surface area contributed by atoms with Gasteiger partial charge in [0.05, 0.1) is 22.7 Å². The number of amides is 1. The van der Waals surface area contributed by atoms with Gasteiger partial charge in [-0.05, 0) is 94.9 Å². The molecular formula is C37H27F3N2O3. The second-order valence-electron chi connectivity index (χ2n) is 10.9. The highest BCUT2D eigenvalue weighted by atomic mass is 19.1. The molecule has 0 spiro atoms. The Morgan fingerprint density at radius 3 is 1.93 bits per heavy atom. The van der Waals surface area contributed by atoms with Crippen molar-refractivity contribution in [3.05, 3.63) is 155 Å². The Hall–Kier alpha value is -5.63. The number of aromatic nitrogens is 1. The van der Waals surface area contributed by atoms with Crippen LogP contribution < -0.4 is 5.32 Å². The zero-order valence-electron chi connectivity index (χ0n) is 24.1. The number of hydrogen-bond acceptors (Lipinski definition) is 2. The molecule has 1 amide bonds. The van der Waals surface area contributed by atoms with Gasteiger partial charge in [-0.2, -0.15) is 0 Å². The molecule has 0 bridgehead atoms. The van der Waals surface area contributed by atoms with Crippen molar-refractivity contribution in [1.82, 2.24) is 9.88 Å². The molecular weight excluding hydrogens is 577 g/mol. The predicted molar refractivity (Wildman–Crippen MR) is 168 cm³/mol. The second-order valence-corrected chi connectivity index (χ2v) is 10.9. The molecule has 0 fully saturated rings. The Labute approximate surface area is 257 Å². The van der Waals surface area contributed by atoms with E-state index in [1.165, 1.54) is 36.4 Å². The zero-order chi connectivity index (χ0) is 31.7. The molecule has 5 nitrogen and oxygen atoms in total. The molecule has 224 valence electrons. The van der Waals surface area contributed by atoms with Crippen LogP contribution in [0.15, 0.2) is 115 Å². The van der Waals surface area contributed by atoms with Crippen molar-refractivity contribution in [2.24, 2.45) is 0 Å². The summed E-state index contributed by atoms with van der Waals surface area (Å²) in [5, 5.41) is 12.9. The normalized spacial score (nSPS) is 11.8. The Kier molecular flexibility index (Phi) is 7.96. The van der Waals surface area contributed by atoms with E-state index in [0.717, 1.165) is 22.8 Å². The number of rotatable bonds is 8. The van der Waals surface area contributed by atoms with E-state index in [4.69, 9.17) is 0 Å². The highest BCUT2D eigenvalue weighted by Gasteiger charge is 2.20. The second kappa shape index (κ2) is 12.2. The van der Waals surface area contributed by atoms with Crippen molar-refractivity contribution in [1.29, 1.82) is 0 Å². The van der Waals surface area contributed by atoms with E-state index in [9.17, 15) is 27.9 Å². The first-order valence-corrected chi connectivity index (χ1v) is 14.2. The van der Waals surface area contributed by atoms with Gasteiger partial charge in [0, 0.05) is 24.2 Å². The van der Waals surface area contributed by atoms with Gasteiger partial charge >= 0.3 is 5.97 Å². The summed E-state index contributed by atoms with van der Waals surface area (Å²) in [5.74, 6) is -3.20. The highest BCUT2D eigenvalue weighted by molar-refractivity contribution is 6.08. The van der Waals surface area contributed by atoms with Crippen LogP contribution in [0.25, 0.3) is 33.2 Å². The number of carbonyl (C=O) groups is 2. The lowest BCUT2D eigenvalue weighted by molar-refractivity contribution is 0.0696. The van der Waals surface area contributed by atoms with E-state index in [1.807, 2.05) is 41.1 Å². The Morgan fingerprint density at radius 1 is 0.711 bits per heavy atom. The summed E-state index contributed by atoms with van der Waals surface area (Å²) >= 11 is 0. The molecule has 1 atom stereocenters. The first-order chi connectivity index (χ1) is 21.6. The molecule has 5 aromatic carbocycles. The van der Waals surface area contributed by atoms with Gasteiger partial charge in [-0.15, -0.1) is 0 Å². The fourth-order valence-corrected chi connectivity index (χ4v) is 5.46. The minimum Gasteiger partial charge on any atom is -0.478 e. The van der Waals surface area contributed by atoms with Crippen molar-refractivity contribution < 1.29 is 27.9 Å². The van der Waals surface area contributed by atoms with E-state index >= 15 is 0 Å². The maximum absolute atomic E-state index is 14.1. The van der Waals surface area contributed by atoms with Crippen molar-refractivity contribution >= 4 is 22.8 Å². The minimum absolute atomic E-state index is 0.137. The number of aromatic carboxylic acids is 1. The van der Waals surface area contributed by atoms with E-state index in [1.54, 1.807) is 43.3 Å². The Bertz CT molecular complexity index is 2010. The van der Waals surface area contributed by atoms with Crippen LogP contribution in [0.5, 0.6) is 0 Å². The summed E-state index contributed by atoms with van der Waals surface area (Å²) in [6.07, 6.45) is 1.86. The van der Waals surface area contributed by atoms with Crippen molar-refractivity contribution in [3.63, 3.8) is 0 Å². The molecule has 0 saturated heterocycles. The summed E-state index contributed by atoms with van der Waals surface area (Å²) in [4.78, 5) is 25.1. The van der Waals surface area contributed by atoms with Gasteiger partial charge in [-0.3, -0.25) is 4.79 Å². The Balaban J connectivity index is 1.36. The van der Waals surface area contributed by atoms with Gasteiger partial charge in [0.2, 0.25) is 0 Å². The zero-order valence-corrected chi connectivity index (χ0v) is 24.1. The van der Waals surface area contributed by atoms with Crippen LogP contribution in [0.2, 0.25) is 0 Å². The van der Waals surface area contributed by atoms with Crippen LogP contribution in [0, 0.1) is 17.5 Å². The quantitative estimate of drug-likeness (QED) is 0.183. The smallest absolute Gasteiger partial charge is 0.335 e. The number of nitrogens with one attached hydrogen (secondary N) is 1. The van der Waals surface area contributed by atoms with Gasteiger partial charge in [0.1, 0.15) is 17.5 Å². The molecule has 6 aromatic rings. The standard InChI is InChI=1S/C37H27F3N2O3/c1-22(24-6-8-27(9-7-24)37(44)45)41-36(43)34-19-29(30-17-32(39)20-33(40)18-30)16-28-14-15-42(35(28)34)21-23-2-4-25(5-3-23)26-10-12-31(38)13-11-26/h2-20,22H,21H2,1H3,(H,41,43)(H,44,45)/t22-/m0/s1. The van der Waals surface area contributed by atoms with Crippen LogP contribution in [-0.4, -0.2) is 21.6 Å². The topological polar surface area (TPSA) is 71.3 Å². The number of halogens is 3. The van der Waals surface area contributed by atoms with Gasteiger partial charge in [0.15, 0.2) is 0 Å². The molecule has 0 unspecified atom stereocenters. The molecule has 8 heteroatoms. The number of carboxylic acid groups (broad SMARTS) is 1. The van der Waals surface area contributed by atoms with Gasteiger partial charge in [0.25, 0.3) is 5.91 Å². The lowest BCUT2D eigenvalue weighted by Gasteiger charge is -2.17. The van der Waals surface area contributed by atoms with Gasteiger partial charge < -0.3 is 15.0 Å². The molecule has 0 aliphatic heterocycles. The molecule has 2 N–H and O–H groups in total. The summed E-state index contributed by atoms with van der Waals surface area (Å²) in [5.41, 5.74) is 5.37. The maximum Gasteiger partial charge on any atom is 0.335 e. The molecule has 0 aliphatic carbocycles. The largest absolute Gasteiger partial charge is 0.478 e. The fraction of sp³-hybridized carbons (Fsp3) is 0.0811. The van der Waals surface area contributed by atoms with Crippen LogP contribution in [0.4, 0.5) is 13.2 Å². The number of nitrogens with zero attached hydrogens (tertiary/aromatic N) is 1. The van der Waals surface area contributed by atoms with Gasteiger partial charge in [-0.25, -0.2) is 18.0 Å². The molecule has 0 radical (unpaired) electrons. The molecule has 0 aliphatic rings. The molecule has 0 saturated carbocycles. The average molecular weight is 605 g/mol. The summed E-state index contributed by atoms with van der Waals surface area (Å²) in [6, 6.07) is 28.4. The SMILES string of the molecule is C[C@H](NC(=O)c1cc(-c2cc(F)cc(F)c2)cc2ccn(Cc3ccc(-c4ccc(F)cc4)cc3)c12)c1ccc(C(=O)O)cc1. The van der Waals surface area contributed by atoms with Crippen LogP contribution >= 0.6 is 0 Å². The molecule has 45 heavy (non-hydrogen) atoms. The predicted octanol–water partition coefficient (Wildman–Crippen LogP) is 8.63. The number of fused-ring (bicyclic) bond motifs is 1. The van der Waals surface area contributed by atoms with E-state index < -0.39 is 29.6 Å². The third-order valence-electron chi connectivity index (χ3n) is 7.79. The lowest BCUT2D eigenvalue weighted by Crippen LogP contribution is -2.27. The average Bonchev–Trinajstić information content (AvgIpc) is 3.43. The minimum atomic E-state index is -1.04. The third kappa shape index (κ3) is 6.35. The van der Waals surface area contributed by atoms with E-state index in [-0.39, 0.29) is 11.4 Å². The first kappa shape index (κ1) is 29.4. The highest BCUT2D eigenvalue weighted by Crippen LogP contribution is 2.31. The monoisotopic (exact) mass is 604 g/mol. The van der Waals surface area contributed by atoms with Crippen LogP contribution in [0.3, 0.4) is 0 Å².